The second-order valence-corrected chi connectivity index (χ2v) is 6.91. The number of carbonyl (C=O) groups is 1. The molecule has 0 bridgehead atoms. The van der Waals surface area contributed by atoms with Gasteiger partial charge in [0.25, 0.3) is 5.91 Å². The summed E-state index contributed by atoms with van der Waals surface area (Å²) in [6, 6.07) is 1.52. The third-order valence-electron chi connectivity index (χ3n) is 2.86. The summed E-state index contributed by atoms with van der Waals surface area (Å²) in [5.74, 6) is -0.315. The van der Waals surface area contributed by atoms with Crippen LogP contribution >= 0.6 is 11.3 Å². The Hall–Kier alpha value is -0.920. The fourth-order valence-electron chi connectivity index (χ4n) is 1.97. The molecule has 0 radical (unpaired) electrons. The van der Waals surface area contributed by atoms with Crippen molar-refractivity contribution in [1.82, 2.24) is 9.62 Å². The van der Waals surface area contributed by atoms with Gasteiger partial charge in [0.05, 0.1) is 0 Å². The van der Waals surface area contributed by atoms with Gasteiger partial charge in [0.1, 0.15) is 9.77 Å². The molecule has 0 aliphatic carbocycles. The molecule has 2 rings (SSSR count). The van der Waals surface area contributed by atoms with Crippen LogP contribution in [0.2, 0.25) is 0 Å². The van der Waals surface area contributed by atoms with Crippen LogP contribution in [0.1, 0.15) is 29.4 Å². The Balaban J connectivity index is 2.33. The Bertz CT molecular complexity index is 530. The molecule has 0 saturated carbocycles. The minimum atomic E-state index is -3.51. The van der Waals surface area contributed by atoms with Gasteiger partial charge in [-0.2, -0.15) is 4.31 Å². The van der Waals surface area contributed by atoms with Crippen LogP contribution in [0.25, 0.3) is 0 Å². The van der Waals surface area contributed by atoms with Gasteiger partial charge < -0.3 is 5.32 Å². The average molecular weight is 288 g/mol. The lowest BCUT2D eigenvalue weighted by molar-refractivity contribution is 0.0957. The smallest absolute Gasteiger partial charge is 0.262 e. The van der Waals surface area contributed by atoms with Crippen molar-refractivity contribution in [1.29, 1.82) is 0 Å². The summed E-state index contributed by atoms with van der Waals surface area (Å²) < 4.78 is 26.2. The van der Waals surface area contributed by atoms with Crippen molar-refractivity contribution in [3.05, 3.63) is 16.3 Å². The summed E-state index contributed by atoms with van der Waals surface area (Å²) in [5.41, 5.74) is 0. The Morgan fingerprint density at radius 1 is 1.44 bits per heavy atom. The van der Waals surface area contributed by atoms with E-state index in [0.29, 0.717) is 19.6 Å². The Kier molecular flexibility index (Phi) is 4.04. The van der Waals surface area contributed by atoms with Crippen LogP contribution < -0.4 is 5.32 Å². The molecule has 1 N–H and O–H groups in total. The first-order valence-electron chi connectivity index (χ1n) is 5.93. The van der Waals surface area contributed by atoms with Crippen LogP contribution in [0.3, 0.4) is 0 Å². The summed E-state index contributed by atoms with van der Waals surface area (Å²) >= 11 is 1.17. The lowest BCUT2D eigenvalue weighted by Crippen LogP contribution is -2.30. The van der Waals surface area contributed by atoms with Crippen molar-refractivity contribution in [2.45, 2.75) is 24.7 Å². The van der Waals surface area contributed by atoms with E-state index in [9.17, 15) is 13.2 Å². The number of nitrogens with one attached hydrogen (secondary N) is 1. The molecule has 1 saturated heterocycles. The van der Waals surface area contributed by atoms with Crippen LogP contribution in [-0.2, 0) is 10.0 Å². The van der Waals surface area contributed by atoms with Gasteiger partial charge in [-0.15, -0.1) is 11.3 Å². The van der Waals surface area contributed by atoms with E-state index in [-0.39, 0.29) is 15.7 Å². The van der Waals surface area contributed by atoms with Crippen molar-refractivity contribution in [2.24, 2.45) is 0 Å². The molecule has 100 valence electrons. The maximum atomic E-state index is 12.4. The van der Waals surface area contributed by atoms with E-state index in [2.05, 4.69) is 5.32 Å². The molecule has 2 heterocycles. The standard InChI is InChI=1S/C11H16N2O3S2/c1-2-12-11(14)10-9(5-8-17-10)18(15,16)13-6-3-4-7-13/h5,8H,2-4,6-7H2,1H3,(H,12,14). The van der Waals surface area contributed by atoms with Crippen molar-refractivity contribution >= 4 is 27.3 Å². The quantitative estimate of drug-likeness (QED) is 0.907. The molecule has 0 unspecified atom stereocenters. The third-order valence-corrected chi connectivity index (χ3v) is 5.84. The lowest BCUT2D eigenvalue weighted by Gasteiger charge is -2.15. The fraction of sp³-hybridized carbons (Fsp3) is 0.545. The number of carbonyl (C=O) groups excluding carboxylic acids is 1. The molecule has 18 heavy (non-hydrogen) atoms. The summed E-state index contributed by atoms with van der Waals surface area (Å²) in [7, 11) is -3.51. The number of sulfonamides is 1. The van der Waals surface area contributed by atoms with E-state index in [0.717, 1.165) is 12.8 Å². The summed E-state index contributed by atoms with van der Waals surface area (Å²) in [5, 5.41) is 4.29. The van der Waals surface area contributed by atoms with Gasteiger partial charge in [-0.3, -0.25) is 4.79 Å². The van der Waals surface area contributed by atoms with Gasteiger partial charge in [-0.05, 0) is 31.2 Å². The number of hydrogen-bond acceptors (Lipinski definition) is 4. The van der Waals surface area contributed by atoms with Crippen LogP contribution in [0.15, 0.2) is 16.3 Å². The molecular weight excluding hydrogens is 272 g/mol. The first-order chi connectivity index (χ1) is 8.57. The molecule has 0 aromatic carbocycles. The predicted octanol–water partition coefficient (Wildman–Crippen LogP) is 1.28. The van der Waals surface area contributed by atoms with Crippen LogP contribution in [0.4, 0.5) is 0 Å². The SMILES string of the molecule is CCNC(=O)c1sccc1S(=O)(=O)N1CCCC1. The summed E-state index contributed by atoms with van der Waals surface area (Å²) in [6.45, 7) is 3.39. The highest BCUT2D eigenvalue weighted by molar-refractivity contribution is 7.89. The van der Waals surface area contributed by atoms with E-state index in [4.69, 9.17) is 0 Å². The molecule has 1 fully saturated rings. The van der Waals surface area contributed by atoms with E-state index in [1.54, 1.807) is 12.3 Å². The number of rotatable bonds is 4. The first-order valence-corrected chi connectivity index (χ1v) is 8.25. The van der Waals surface area contributed by atoms with Crippen LogP contribution in [-0.4, -0.2) is 38.3 Å². The zero-order valence-electron chi connectivity index (χ0n) is 10.2. The van der Waals surface area contributed by atoms with E-state index in [1.165, 1.54) is 21.7 Å². The third kappa shape index (κ3) is 2.43. The highest BCUT2D eigenvalue weighted by Crippen LogP contribution is 2.27. The Morgan fingerprint density at radius 2 is 2.11 bits per heavy atom. The van der Waals surface area contributed by atoms with Crippen LogP contribution in [0.5, 0.6) is 0 Å². The van der Waals surface area contributed by atoms with E-state index in [1.807, 2.05) is 0 Å². The maximum absolute atomic E-state index is 12.4. The van der Waals surface area contributed by atoms with Gasteiger partial charge in [0.2, 0.25) is 10.0 Å². The van der Waals surface area contributed by atoms with Gasteiger partial charge in [-0.1, -0.05) is 0 Å². The highest BCUT2D eigenvalue weighted by atomic mass is 32.2. The molecule has 0 spiro atoms. The molecule has 1 aromatic rings. The van der Waals surface area contributed by atoms with E-state index >= 15 is 0 Å². The summed E-state index contributed by atoms with van der Waals surface area (Å²) in [6.07, 6.45) is 1.78. The lowest BCUT2D eigenvalue weighted by atomic mass is 10.4. The molecule has 1 aromatic heterocycles. The van der Waals surface area contributed by atoms with Crippen molar-refractivity contribution in [3.63, 3.8) is 0 Å². The van der Waals surface area contributed by atoms with Crippen molar-refractivity contribution in [3.8, 4) is 0 Å². The minimum Gasteiger partial charge on any atom is -0.352 e. The van der Waals surface area contributed by atoms with Gasteiger partial charge in [0.15, 0.2) is 0 Å². The number of hydrogen-bond donors (Lipinski definition) is 1. The monoisotopic (exact) mass is 288 g/mol. The molecular formula is C11H16N2O3S2. The molecule has 5 nitrogen and oxygen atoms in total. The second kappa shape index (κ2) is 5.38. The van der Waals surface area contributed by atoms with Gasteiger partial charge in [0, 0.05) is 19.6 Å². The minimum absolute atomic E-state index is 0.139. The maximum Gasteiger partial charge on any atom is 0.262 e. The van der Waals surface area contributed by atoms with Crippen molar-refractivity contribution < 1.29 is 13.2 Å². The molecule has 0 atom stereocenters. The van der Waals surface area contributed by atoms with Crippen molar-refractivity contribution in [2.75, 3.05) is 19.6 Å². The number of amides is 1. The highest BCUT2D eigenvalue weighted by Gasteiger charge is 2.31. The van der Waals surface area contributed by atoms with E-state index < -0.39 is 10.0 Å². The Labute approximate surface area is 111 Å². The zero-order valence-corrected chi connectivity index (χ0v) is 11.8. The number of thiophene rings is 1. The molecule has 7 heteroatoms. The average Bonchev–Trinajstić information content (AvgIpc) is 3.01. The predicted molar refractivity (Wildman–Crippen MR) is 70.3 cm³/mol. The van der Waals surface area contributed by atoms with Gasteiger partial charge in [-0.25, -0.2) is 8.42 Å². The molecule has 1 aliphatic rings. The second-order valence-electron chi connectivity index (χ2n) is 4.08. The normalized spacial score (nSPS) is 16.9. The Morgan fingerprint density at radius 3 is 2.72 bits per heavy atom. The molecule has 1 aliphatic heterocycles. The zero-order chi connectivity index (χ0) is 13.2. The summed E-state index contributed by atoms with van der Waals surface area (Å²) in [4.78, 5) is 12.2. The largest absolute Gasteiger partial charge is 0.352 e. The van der Waals surface area contributed by atoms with Gasteiger partial charge >= 0.3 is 0 Å². The fourth-order valence-corrected chi connectivity index (χ4v) is 4.81. The number of nitrogens with zero attached hydrogens (tertiary/aromatic N) is 1. The topological polar surface area (TPSA) is 66.5 Å². The first kappa shape index (κ1) is 13.5. The molecule has 1 amide bonds. The van der Waals surface area contributed by atoms with Crippen LogP contribution in [0, 0.1) is 0 Å².